The quantitative estimate of drug-likeness (QED) is 0.340. The van der Waals surface area contributed by atoms with Gasteiger partial charge >= 0.3 is 0 Å². The second-order valence-corrected chi connectivity index (χ2v) is 10.9. The Labute approximate surface area is 228 Å². The number of aromatic nitrogens is 2. The van der Waals surface area contributed by atoms with E-state index in [-0.39, 0.29) is 17.9 Å². The van der Waals surface area contributed by atoms with Crippen LogP contribution in [0.3, 0.4) is 0 Å². The molecule has 3 aromatic rings. The number of amides is 2. The predicted molar refractivity (Wildman–Crippen MR) is 150 cm³/mol. The summed E-state index contributed by atoms with van der Waals surface area (Å²) in [7, 11) is 1.54. The van der Waals surface area contributed by atoms with Gasteiger partial charge in [-0.3, -0.25) is 14.6 Å². The van der Waals surface area contributed by atoms with Crippen molar-refractivity contribution in [2.24, 2.45) is 0 Å². The number of hydrogen-bond acceptors (Lipinski definition) is 7. The number of nitrogens with one attached hydrogen (secondary N) is 2. The van der Waals surface area contributed by atoms with E-state index < -0.39 is 0 Å². The normalized spacial score (nSPS) is 15.2. The molecule has 9 heteroatoms. The Morgan fingerprint density at radius 2 is 1.97 bits per heavy atom. The summed E-state index contributed by atoms with van der Waals surface area (Å²) in [4.78, 5) is 37.2. The number of likely N-dealkylation sites (tertiary alicyclic amines) is 1. The molecule has 1 fully saturated rings. The van der Waals surface area contributed by atoms with E-state index in [0.29, 0.717) is 35.9 Å². The van der Waals surface area contributed by atoms with Gasteiger partial charge in [-0.15, -0.1) is 11.3 Å². The highest BCUT2D eigenvalue weighted by Crippen LogP contribution is 2.35. The summed E-state index contributed by atoms with van der Waals surface area (Å²) in [6.07, 6.45) is 6.39. The summed E-state index contributed by atoms with van der Waals surface area (Å²) in [5.41, 5.74) is 4.22. The second-order valence-electron chi connectivity index (χ2n) is 10.0. The lowest BCUT2D eigenvalue weighted by Crippen LogP contribution is -2.31. The maximum atomic E-state index is 13.5. The molecule has 0 radical (unpaired) electrons. The highest BCUT2D eigenvalue weighted by Gasteiger charge is 2.33. The number of pyridine rings is 1. The molecule has 1 atom stereocenters. The zero-order valence-corrected chi connectivity index (χ0v) is 23.4. The van der Waals surface area contributed by atoms with Crippen LogP contribution in [0.1, 0.15) is 87.6 Å². The first kappa shape index (κ1) is 27.7. The van der Waals surface area contributed by atoms with Gasteiger partial charge in [0, 0.05) is 54.2 Å². The van der Waals surface area contributed by atoms with Crippen LogP contribution in [0.15, 0.2) is 42.0 Å². The minimum absolute atomic E-state index is 0.0270. The number of ether oxygens (including phenoxy) is 1. The molecule has 1 aliphatic heterocycles. The van der Waals surface area contributed by atoms with Gasteiger partial charge in [-0.2, -0.15) is 0 Å². The van der Waals surface area contributed by atoms with Gasteiger partial charge in [0.25, 0.3) is 11.8 Å². The Kier molecular flexibility index (Phi) is 9.47. The Balaban J connectivity index is 1.31. The molecule has 38 heavy (non-hydrogen) atoms. The summed E-state index contributed by atoms with van der Waals surface area (Å²) in [5.74, 6) is 0.610. The SMILES string of the molecule is COc1cc(C(=O)NCCCNCc2cncc(C(C)C)c2)cc(C(=O)N2CCCC2c2nc(C)cs2)c1. The molecule has 2 N–H and O–H groups in total. The van der Waals surface area contributed by atoms with E-state index in [0.717, 1.165) is 48.6 Å². The molecular formula is C29H37N5O3S. The van der Waals surface area contributed by atoms with Crippen LogP contribution in [-0.2, 0) is 6.54 Å². The molecule has 2 aromatic heterocycles. The average Bonchev–Trinajstić information content (AvgIpc) is 3.59. The summed E-state index contributed by atoms with van der Waals surface area (Å²) >= 11 is 1.59. The number of thiazole rings is 1. The third-order valence-corrected chi connectivity index (χ3v) is 7.78. The number of rotatable bonds is 11. The highest BCUT2D eigenvalue weighted by molar-refractivity contribution is 7.09. The van der Waals surface area contributed by atoms with Crippen molar-refractivity contribution in [2.45, 2.75) is 58.5 Å². The summed E-state index contributed by atoms with van der Waals surface area (Å²) < 4.78 is 5.42. The fourth-order valence-electron chi connectivity index (χ4n) is 4.60. The fraction of sp³-hybridized carbons (Fsp3) is 0.448. The van der Waals surface area contributed by atoms with Gasteiger partial charge in [0.1, 0.15) is 10.8 Å². The van der Waals surface area contributed by atoms with Crippen molar-refractivity contribution in [1.82, 2.24) is 25.5 Å². The van der Waals surface area contributed by atoms with Gasteiger partial charge in [0.05, 0.1) is 13.2 Å². The van der Waals surface area contributed by atoms with Crippen LogP contribution in [0, 0.1) is 6.92 Å². The number of benzene rings is 1. The van der Waals surface area contributed by atoms with Crippen molar-refractivity contribution in [3.8, 4) is 5.75 Å². The molecular weight excluding hydrogens is 498 g/mol. The summed E-state index contributed by atoms with van der Waals surface area (Å²) in [6.45, 7) is 8.98. The van der Waals surface area contributed by atoms with Crippen molar-refractivity contribution >= 4 is 23.2 Å². The van der Waals surface area contributed by atoms with Gasteiger partial charge in [-0.1, -0.05) is 19.9 Å². The Bertz CT molecular complexity index is 1260. The van der Waals surface area contributed by atoms with Crippen molar-refractivity contribution in [1.29, 1.82) is 0 Å². The van der Waals surface area contributed by atoms with E-state index in [9.17, 15) is 9.59 Å². The van der Waals surface area contributed by atoms with Crippen LogP contribution >= 0.6 is 11.3 Å². The molecule has 0 bridgehead atoms. The smallest absolute Gasteiger partial charge is 0.254 e. The van der Waals surface area contributed by atoms with Crippen LogP contribution in [0.4, 0.5) is 0 Å². The number of carbonyl (C=O) groups is 2. The van der Waals surface area contributed by atoms with Crippen LogP contribution in [0.25, 0.3) is 0 Å². The maximum Gasteiger partial charge on any atom is 0.254 e. The first-order valence-electron chi connectivity index (χ1n) is 13.2. The second kappa shape index (κ2) is 13.0. The van der Waals surface area contributed by atoms with Crippen molar-refractivity contribution in [3.05, 3.63) is 75.0 Å². The Morgan fingerprint density at radius 3 is 2.71 bits per heavy atom. The fourth-order valence-corrected chi connectivity index (χ4v) is 5.54. The molecule has 0 spiro atoms. The highest BCUT2D eigenvalue weighted by atomic mass is 32.1. The zero-order chi connectivity index (χ0) is 27.1. The van der Waals surface area contributed by atoms with Crippen LogP contribution in [-0.4, -0.2) is 53.4 Å². The largest absolute Gasteiger partial charge is 0.497 e. The van der Waals surface area contributed by atoms with Crippen molar-refractivity contribution in [3.63, 3.8) is 0 Å². The lowest BCUT2D eigenvalue weighted by atomic mass is 10.0. The molecule has 0 aliphatic carbocycles. The van der Waals surface area contributed by atoms with Crippen LogP contribution in [0.2, 0.25) is 0 Å². The van der Waals surface area contributed by atoms with Crippen molar-refractivity contribution in [2.75, 3.05) is 26.7 Å². The maximum absolute atomic E-state index is 13.5. The lowest BCUT2D eigenvalue weighted by molar-refractivity contribution is 0.0735. The van der Waals surface area contributed by atoms with Gasteiger partial charge in [0.2, 0.25) is 0 Å². The van der Waals surface area contributed by atoms with Gasteiger partial charge in [-0.05, 0) is 68.0 Å². The number of methoxy groups -OCH3 is 1. The Hall–Kier alpha value is -3.30. The van der Waals surface area contributed by atoms with Crippen LogP contribution in [0.5, 0.6) is 5.75 Å². The molecule has 0 saturated carbocycles. The molecule has 3 heterocycles. The average molecular weight is 536 g/mol. The van der Waals surface area contributed by atoms with E-state index >= 15 is 0 Å². The van der Waals surface area contributed by atoms with Crippen molar-refractivity contribution < 1.29 is 14.3 Å². The van der Waals surface area contributed by atoms with Gasteiger partial charge in [0.15, 0.2) is 0 Å². The molecule has 1 aliphatic rings. The number of hydrogen-bond donors (Lipinski definition) is 2. The zero-order valence-electron chi connectivity index (χ0n) is 22.6. The topological polar surface area (TPSA) is 96.4 Å². The molecule has 1 aromatic carbocycles. The third-order valence-electron chi connectivity index (χ3n) is 6.71. The predicted octanol–water partition coefficient (Wildman–Crippen LogP) is 4.87. The minimum atomic E-state index is -0.222. The Morgan fingerprint density at radius 1 is 1.16 bits per heavy atom. The molecule has 2 amide bonds. The molecule has 8 nitrogen and oxygen atoms in total. The third kappa shape index (κ3) is 6.96. The molecule has 1 saturated heterocycles. The van der Waals surface area contributed by atoms with Gasteiger partial charge in [-0.25, -0.2) is 4.98 Å². The minimum Gasteiger partial charge on any atom is -0.497 e. The summed E-state index contributed by atoms with van der Waals surface area (Å²) in [5, 5.41) is 9.35. The van der Waals surface area contributed by atoms with E-state index in [4.69, 9.17) is 4.74 Å². The number of nitrogens with zero attached hydrogens (tertiary/aromatic N) is 3. The molecule has 1 unspecified atom stereocenters. The monoisotopic (exact) mass is 535 g/mol. The first-order chi connectivity index (χ1) is 18.4. The van der Waals surface area contributed by atoms with E-state index in [1.165, 1.54) is 5.56 Å². The standard InChI is InChI=1S/C29H37N5O3S/c1-19(2)24-11-21(16-31-17-24)15-30-8-6-9-32-27(35)22-12-23(14-25(13-22)37-4)29(36)34-10-5-7-26(34)28-33-20(3)18-38-28/h11-14,16-19,26,30H,5-10,15H2,1-4H3,(H,32,35). The molecule has 4 rings (SSSR count). The first-order valence-corrected chi connectivity index (χ1v) is 14.1. The van der Waals surface area contributed by atoms with Crippen LogP contribution < -0.4 is 15.4 Å². The molecule has 202 valence electrons. The lowest BCUT2D eigenvalue weighted by Gasteiger charge is -2.23. The van der Waals surface area contributed by atoms with E-state index in [2.05, 4.69) is 40.5 Å². The number of aryl methyl sites for hydroxylation is 1. The van der Waals surface area contributed by atoms with E-state index in [1.807, 2.05) is 29.6 Å². The van der Waals surface area contributed by atoms with E-state index in [1.54, 1.807) is 36.6 Å². The summed E-state index contributed by atoms with van der Waals surface area (Å²) in [6, 6.07) is 7.19. The van der Waals surface area contributed by atoms with Gasteiger partial charge < -0.3 is 20.3 Å². The number of carbonyl (C=O) groups excluding carboxylic acids is 2.